The molecule has 1 heterocycles. The van der Waals surface area contributed by atoms with E-state index >= 15 is 0 Å². The van der Waals surface area contributed by atoms with E-state index in [9.17, 15) is 0 Å². The molecule has 17 heavy (non-hydrogen) atoms. The lowest BCUT2D eigenvalue weighted by Crippen LogP contribution is -2.26. The number of hydrogen-bond donors (Lipinski definition) is 0. The van der Waals surface area contributed by atoms with Gasteiger partial charge in [0, 0.05) is 17.4 Å². The Balaban J connectivity index is 2.13. The number of rotatable bonds is 2. The molecule has 2 rings (SSSR count). The van der Waals surface area contributed by atoms with E-state index in [0.717, 1.165) is 0 Å². The van der Waals surface area contributed by atoms with Crippen LogP contribution in [-0.4, -0.2) is 15.6 Å². The molecule has 1 atom stereocenters. The van der Waals surface area contributed by atoms with Crippen LogP contribution >= 0.6 is 23.5 Å². The van der Waals surface area contributed by atoms with Gasteiger partial charge in [-0.15, -0.1) is 23.5 Å². The molecule has 0 nitrogen and oxygen atoms in total. The highest BCUT2D eigenvalue weighted by atomic mass is 32.2. The summed E-state index contributed by atoms with van der Waals surface area (Å²) in [6.07, 6.45) is 9.94. The summed E-state index contributed by atoms with van der Waals surface area (Å²) in [7, 11) is 0. The first-order chi connectivity index (χ1) is 7.93. The lowest BCUT2D eigenvalue weighted by Gasteiger charge is -2.37. The van der Waals surface area contributed by atoms with Crippen molar-refractivity contribution in [3.8, 4) is 0 Å². The molecule has 0 spiro atoms. The summed E-state index contributed by atoms with van der Waals surface area (Å²) in [5.41, 5.74) is 1.99. The van der Waals surface area contributed by atoms with Crippen molar-refractivity contribution >= 4 is 23.5 Å². The molecule has 0 aromatic rings. The fourth-order valence-corrected chi connectivity index (χ4v) is 5.54. The van der Waals surface area contributed by atoms with Crippen molar-refractivity contribution in [2.24, 2.45) is 11.3 Å². The molecule has 1 unspecified atom stereocenters. The second-order valence-electron chi connectivity index (χ2n) is 6.03. The summed E-state index contributed by atoms with van der Waals surface area (Å²) in [6.45, 7) is 9.49. The van der Waals surface area contributed by atoms with E-state index in [1.807, 2.05) is 0 Å². The third kappa shape index (κ3) is 3.14. The van der Waals surface area contributed by atoms with Crippen LogP contribution in [0, 0.1) is 11.3 Å². The van der Waals surface area contributed by atoms with E-state index in [1.54, 1.807) is 5.57 Å². The molecule has 0 aromatic carbocycles. The summed E-state index contributed by atoms with van der Waals surface area (Å²) < 4.78 is 0.327. The van der Waals surface area contributed by atoms with E-state index in [0.29, 0.717) is 15.4 Å². The maximum Gasteiger partial charge on any atom is 0.0764 e. The Morgan fingerprint density at radius 1 is 1.24 bits per heavy atom. The van der Waals surface area contributed by atoms with Crippen LogP contribution < -0.4 is 0 Å². The SMILES string of the molecule is CC1=CCCC(C)(C)C1/C=C/C1(C)SCCS1. The van der Waals surface area contributed by atoms with Crippen molar-refractivity contribution in [3.63, 3.8) is 0 Å². The largest absolute Gasteiger partial charge is 0.139 e. The van der Waals surface area contributed by atoms with E-state index in [1.165, 1.54) is 24.3 Å². The quantitative estimate of drug-likeness (QED) is 0.637. The number of allylic oxidation sites excluding steroid dienone is 3. The topological polar surface area (TPSA) is 0 Å². The Hall–Kier alpha value is 0.180. The highest BCUT2D eigenvalue weighted by Gasteiger charge is 2.33. The minimum atomic E-state index is 0.327. The molecular formula is C15H24S2. The molecule has 0 aromatic heterocycles. The van der Waals surface area contributed by atoms with Crippen LogP contribution in [0.5, 0.6) is 0 Å². The molecule has 2 aliphatic rings. The van der Waals surface area contributed by atoms with E-state index in [-0.39, 0.29) is 0 Å². The Bertz CT molecular complexity index is 333. The first kappa shape index (κ1) is 13.6. The van der Waals surface area contributed by atoms with Crippen LogP contribution in [0.15, 0.2) is 23.8 Å². The highest BCUT2D eigenvalue weighted by molar-refractivity contribution is 8.21. The van der Waals surface area contributed by atoms with Crippen molar-refractivity contribution in [2.45, 2.75) is 44.6 Å². The van der Waals surface area contributed by atoms with Gasteiger partial charge in [-0.3, -0.25) is 0 Å². The molecule has 0 radical (unpaired) electrons. The van der Waals surface area contributed by atoms with Gasteiger partial charge in [0.25, 0.3) is 0 Å². The molecule has 1 saturated heterocycles. The van der Waals surface area contributed by atoms with E-state index in [2.05, 4.69) is 69.4 Å². The first-order valence-corrected chi connectivity index (χ1v) is 8.54. The van der Waals surface area contributed by atoms with Crippen molar-refractivity contribution < 1.29 is 0 Å². The summed E-state index contributed by atoms with van der Waals surface area (Å²) in [4.78, 5) is 0. The minimum absolute atomic E-state index is 0.327. The van der Waals surface area contributed by atoms with Crippen LogP contribution in [0.4, 0.5) is 0 Å². The smallest absolute Gasteiger partial charge is 0.0764 e. The monoisotopic (exact) mass is 268 g/mol. The van der Waals surface area contributed by atoms with Crippen molar-refractivity contribution in [2.75, 3.05) is 11.5 Å². The Labute approximate surface area is 115 Å². The standard InChI is InChI=1S/C15H24S2/c1-12-6-5-8-14(2,3)13(12)7-9-15(4)16-10-11-17-15/h6-7,9,13H,5,8,10-11H2,1-4H3/b9-7+. The summed E-state index contributed by atoms with van der Waals surface area (Å²) >= 11 is 4.18. The number of thioether (sulfide) groups is 2. The zero-order valence-electron chi connectivity index (χ0n) is 11.5. The Morgan fingerprint density at radius 2 is 1.88 bits per heavy atom. The number of hydrogen-bond acceptors (Lipinski definition) is 2. The van der Waals surface area contributed by atoms with Crippen LogP contribution in [-0.2, 0) is 0 Å². The van der Waals surface area contributed by atoms with Crippen LogP contribution in [0.3, 0.4) is 0 Å². The third-order valence-electron chi connectivity index (χ3n) is 4.04. The van der Waals surface area contributed by atoms with Gasteiger partial charge in [-0.1, -0.05) is 37.6 Å². The Morgan fingerprint density at radius 3 is 2.47 bits per heavy atom. The molecule has 2 heteroatoms. The molecule has 0 amide bonds. The van der Waals surface area contributed by atoms with Gasteiger partial charge in [-0.25, -0.2) is 0 Å². The van der Waals surface area contributed by atoms with Gasteiger partial charge in [0.1, 0.15) is 0 Å². The van der Waals surface area contributed by atoms with Gasteiger partial charge < -0.3 is 0 Å². The fourth-order valence-electron chi connectivity index (χ4n) is 2.88. The van der Waals surface area contributed by atoms with E-state index in [4.69, 9.17) is 0 Å². The Kier molecular flexibility index (Phi) is 4.04. The second kappa shape index (κ2) is 5.05. The van der Waals surface area contributed by atoms with Gasteiger partial charge in [0.15, 0.2) is 0 Å². The predicted octanol–water partition coefficient (Wildman–Crippen LogP) is 5.12. The summed E-state index contributed by atoms with van der Waals surface area (Å²) in [5, 5.41) is 0. The zero-order valence-corrected chi connectivity index (χ0v) is 13.1. The molecular weight excluding hydrogens is 244 g/mol. The second-order valence-corrected chi connectivity index (χ2v) is 9.37. The lowest BCUT2D eigenvalue weighted by atomic mass is 9.68. The predicted molar refractivity (Wildman–Crippen MR) is 82.7 cm³/mol. The molecule has 0 bridgehead atoms. The minimum Gasteiger partial charge on any atom is -0.139 e. The normalized spacial score (nSPS) is 31.8. The summed E-state index contributed by atoms with van der Waals surface area (Å²) in [5.74, 6) is 3.23. The maximum atomic E-state index is 2.48. The van der Waals surface area contributed by atoms with Gasteiger partial charge in [-0.2, -0.15) is 0 Å². The fraction of sp³-hybridized carbons (Fsp3) is 0.733. The molecule has 0 saturated carbocycles. The average molecular weight is 268 g/mol. The van der Waals surface area contributed by atoms with Crippen molar-refractivity contribution in [1.29, 1.82) is 0 Å². The van der Waals surface area contributed by atoms with E-state index < -0.39 is 0 Å². The lowest BCUT2D eigenvalue weighted by molar-refractivity contribution is 0.255. The molecule has 1 aliphatic carbocycles. The average Bonchev–Trinajstić information content (AvgIpc) is 2.64. The van der Waals surface area contributed by atoms with Gasteiger partial charge in [-0.05, 0) is 32.1 Å². The van der Waals surface area contributed by atoms with Gasteiger partial charge in [0.2, 0.25) is 0 Å². The van der Waals surface area contributed by atoms with Gasteiger partial charge >= 0.3 is 0 Å². The first-order valence-electron chi connectivity index (χ1n) is 6.57. The van der Waals surface area contributed by atoms with Crippen LogP contribution in [0.1, 0.15) is 40.5 Å². The van der Waals surface area contributed by atoms with Crippen molar-refractivity contribution in [1.82, 2.24) is 0 Å². The molecule has 96 valence electrons. The summed E-state index contributed by atoms with van der Waals surface area (Å²) in [6, 6.07) is 0. The molecule has 0 N–H and O–H groups in total. The van der Waals surface area contributed by atoms with Crippen molar-refractivity contribution in [3.05, 3.63) is 23.8 Å². The third-order valence-corrected chi connectivity index (χ3v) is 7.24. The van der Waals surface area contributed by atoms with Crippen LogP contribution in [0.25, 0.3) is 0 Å². The van der Waals surface area contributed by atoms with Crippen LogP contribution in [0.2, 0.25) is 0 Å². The maximum absolute atomic E-state index is 2.48. The van der Waals surface area contributed by atoms with Gasteiger partial charge in [0.05, 0.1) is 4.08 Å². The molecule has 1 aliphatic heterocycles. The zero-order chi connectivity index (χ0) is 12.5. The molecule has 1 fully saturated rings. The highest BCUT2D eigenvalue weighted by Crippen LogP contribution is 2.47.